The summed E-state index contributed by atoms with van der Waals surface area (Å²) in [4.78, 5) is 23.1. The Hall–Kier alpha value is -2.84. The fourth-order valence-electron chi connectivity index (χ4n) is 2.88. The highest BCUT2D eigenvalue weighted by molar-refractivity contribution is 6.02. The van der Waals surface area contributed by atoms with Crippen LogP contribution >= 0.6 is 0 Å². The Labute approximate surface area is 161 Å². The van der Waals surface area contributed by atoms with Crippen molar-refractivity contribution in [3.8, 4) is 23.0 Å². The van der Waals surface area contributed by atoms with Gasteiger partial charge < -0.3 is 14.4 Å². The quantitative estimate of drug-likeness (QED) is 0.704. The molecule has 0 spiro atoms. The number of rotatable bonds is 7. The number of carbonyl (C=O) groups is 1. The van der Waals surface area contributed by atoms with Gasteiger partial charge in [-0.3, -0.25) is 9.78 Å². The molecule has 0 saturated carbocycles. The molecular weight excluding hydrogens is 375 g/mol. The van der Waals surface area contributed by atoms with Crippen LogP contribution in [0.25, 0.3) is 11.4 Å². The van der Waals surface area contributed by atoms with Crippen LogP contribution in [0.3, 0.4) is 0 Å². The second-order valence-corrected chi connectivity index (χ2v) is 5.75. The van der Waals surface area contributed by atoms with Gasteiger partial charge in [-0.25, -0.2) is 4.98 Å². The monoisotopic (exact) mass is 397 g/mol. The van der Waals surface area contributed by atoms with Gasteiger partial charge in [0, 0.05) is 24.8 Å². The maximum Gasteiger partial charge on any atom is 0.573 e. The summed E-state index contributed by atoms with van der Waals surface area (Å²) in [6, 6.07) is 5.02. The van der Waals surface area contributed by atoms with Gasteiger partial charge in [-0.15, -0.1) is 13.2 Å². The van der Waals surface area contributed by atoms with Crippen LogP contribution in [0.2, 0.25) is 0 Å². The highest BCUT2D eigenvalue weighted by atomic mass is 19.4. The molecule has 152 valence electrons. The van der Waals surface area contributed by atoms with Gasteiger partial charge in [-0.05, 0) is 32.4 Å². The Morgan fingerprint density at radius 1 is 1.18 bits per heavy atom. The van der Waals surface area contributed by atoms with Crippen LogP contribution in [0.1, 0.15) is 36.7 Å². The molecule has 2 rings (SSSR count). The molecule has 0 aliphatic rings. The minimum Gasteiger partial charge on any atom is -0.478 e. The van der Waals surface area contributed by atoms with Crippen molar-refractivity contribution in [2.75, 3.05) is 20.2 Å². The van der Waals surface area contributed by atoms with Crippen LogP contribution < -0.4 is 9.47 Å². The Morgan fingerprint density at radius 3 is 2.32 bits per heavy atom. The zero-order valence-electron chi connectivity index (χ0n) is 16.1. The molecule has 0 unspecified atom stereocenters. The summed E-state index contributed by atoms with van der Waals surface area (Å²) in [5, 5.41) is 0. The average molecular weight is 397 g/mol. The first-order chi connectivity index (χ1) is 13.3. The lowest BCUT2D eigenvalue weighted by molar-refractivity contribution is -0.275. The number of hydrogen-bond acceptors (Lipinski definition) is 5. The molecule has 0 aliphatic carbocycles. The van der Waals surface area contributed by atoms with E-state index in [1.807, 2.05) is 0 Å². The maximum absolute atomic E-state index is 13.2. The van der Waals surface area contributed by atoms with Crippen molar-refractivity contribution in [1.29, 1.82) is 0 Å². The summed E-state index contributed by atoms with van der Waals surface area (Å²) in [5.41, 5.74) is 0.608. The number of ether oxygens (including phenoxy) is 2. The SMILES string of the molecule is CCc1c(OC(F)(F)F)c(OC)nc(-c2ccccn2)c1C(=O)N(CC)CC. The molecule has 0 aromatic carbocycles. The lowest BCUT2D eigenvalue weighted by Gasteiger charge is -2.24. The Morgan fingerprint density at radius 2 is 1.86 bits per heavy atom. The topological polar surface area (TPSA) is 64.5 Å². The molecule has 9 heteroatoms. The number of amides is 1. The molecule has 2 heterocycles. The highest BCUT2D eigenvalue weighted by Gasteiger charge is 2.37. The van der Waals surface area contributed by atoms with Crippen LogP contribution in [-0.2, 0) is 6.42 Å². The third kappa shape index (κ3) is 4.52. The van der Waals surface area contributed by atoms with Gasteiger partial charge in [-0.2, -0.15) is 0 Å². The molecule has 0 aliphatic heterocycles. The van der Waals surface area contributed by atoms with Crippen molar-refractivity contribution in [2.24, 2.45) is 0 Å². The van der Waals surface area contributed by atoms with E-state index < -0.39 is 18.0 Å². The summed E-state index contributed by atoms with van der Waals surface area (Å²) >= 11 is 0. The third-order valence-electron chi connectivity index (χ3n) is 4.16. The lowest BCUT2D eigenvalue weighted by atomic mass is 9.99. The Bertz CT molecular complexity index is 823. The number of methoxy groups -OCH3 is 1. The molecule has 28 heavy (non-hydrogen) atoms. The second kappa shape index (κ2) is 8.90. The van der Waals surface area contributed by atoms with E-state index in [0.29, 0.717) is 18.8 Å². The van der Waals surface area contributed by atoms with Crippen LogP contribution in [-0.4, -0.2) is 47.3 Å². The van der Waals surface area contributed by atoms with Crippen LogP contribution in [0.4, 0.5) is 13.2 Å². The van der Waals surface area contributed by atoms with Crippen LogP contribution in [0, 0.1) is 0 Å². The first-order valence-electron chi connectivity index (χ1n) is 8.84. The van der Waals surface area contributed by atoms with Crippen molar-refractivity contribution >= 4 is 5.91 Å². The normalized spacial score (nSPS) is 11.2. The first-order valence-corrected chi connectivity index (χ1v) is 8.84. The van der Waals surface area contributed by atoms with E-state index in [4.69, 9.17) is 4.74 Å². The zero-order valence-corrected chi connectivity index (χ0v) is 16.1. The Balaban J connectivity index is 2.86. The number of aromatic nitrogens is 2. The lowest BCUT2D eigenvalue weighted by Crippen LogP contribution is -2.32. The fourth-order valence-corrected chi connectivity index (χ4v) is 2.88. The highest BCUT2D eigenvalue weighted by Crippen LogP contribution is 2.40. The van der Waals surface area contributed by atoms with Gasteiger partial charge in [-0.1, -0.05) is 13.0 Å². The summed E-state index contributed by atoms with van der Waals surface area (Å²) in [6.07, 6.45) is -3.34. The van der Waals surface area contributed by atoms with Crippen molar-refractivity contribution < 1.29 is 27.4 Å². The molecule has 1 amide bonds. The number of pyridine rings is 2. The van der Waals surface area contributed by atoms with E-state index in [-0.39, 0.29) is 29.1 Å². The smallest absolute Gasteiger partial charge is 0.478 e. The average Bonchev–Trinajstić information content (AvgIpc) is 2.67. The van der Waals surface area contributed by atoms with Gasteiger partial charge in [0.1, 0.15) is 5.69 Å². The molecule has 0 radical (unpaired) electrons. The summed E-state index contributed by atoms with van der Waals surface area (Å²) in [6.45, 7) is 6.00. The van der Waals surface area contributed by atoms with Gasteiger partial charge in [0.05, 0.1) is 18.4 Å². The second-order valence-electron chi connectivity index (χ2n) is 5.75. The minimum absolute atomic E-state index is 0.0324. The van der Waals surface area contributed by atoms with Crippen molar-refractivity contribution in [2.45, 2.75) is 33.6 Å². The zero-order chi connectivity index (χ0) is 20.9. The number of nitrogens with zero attached hydrogens (tertiary/aromatic N) is 3. The number of halogens is 3. The molecule has 2 aromatic heterocycles. The van der Waals surface area contributed by atoms with Gasteiger partial charge in [0.2, 0.25) is 0 Å². The summed E-state index contributed by atoms with van der Waals surface area (Å²) in [5.74, 6) is -1.40. The molecule has 0 saturated heterocycles. The minimum atomic E-state index is -4.96. The Kier molecular flexibility index (Phi) is 6.82. The van der Waals surface area contributed by atoms with Crippen molar-refractivity contribution in [3.05, 3.63) is 35.5 Å². The predicted molar refractivity (Wildman–Crippen MR) is 97.3 cm³/mol. The summed E-state index contributed by atoms with van der Waals surface area (Å²) in [7, 11) is 1.19. The predicted octanol–water partition coefficient (Wildman–Crippen LogP) is 4.10. The fraction of sp³-hybridized carbons (Fsp3) is 0.421. The standard InChI is InChI=1S/C19H22F3N3O3/c1-5-12-14(18(26)25(6-2)7-3)15(13-10-8-9-11-23-13)24-17(27-4)16(12)28-19(20,21)22/h8-11H,5-7H2,1-4H3. The van der Waals surface area contributed by atoms with E-state index in [0.717, 1.165) is 0 Å². The molecule has 6 nitrogen and oxygen atoms in total. The van der Waals surface area contributed by atoms with Crippen LogP contribution in [0.5, 0.6) is 11.6 Å². The van der Waals surface area contributed by atoms with Crippen molar-refractivity contribution in [3.63, 3.8) is 0 Å². The summed E-state index contributed by atoms with van der Waals surface area (Å²) < 4.78 is 48.3. The molecule has 0 fully saturated rings. The van der Waals surface area contributed by atoms with Crippen LogP contribution in [0.15, 0.2) is 24.4 Å². The molecule has 0 bridgehead atoms. The van der Waals surface area contributed by atoms with E-state index in [9.17, 15) is 18.0 Å². The largest absolute Gasteiger partial charge is 0.573 e. The molecular formula is C19H22F3N3O3. The first kappa shape index (κ1) is 21.5. The van der Waals surface area contributed by atoms with E-state index in [1.54, 1.807) is 39.0 Å². The number of hydrogen-bond donors (Lipinski definition) is 0. The third-order valence-corrected chi connectivity index (χ3v) is 4.16. The van der Waals surface area contributed by atoms with E-state index >= 15 is 0 Å². The maximum atomic E-state index is 13.2. The number of carbonyl (C=O) groups excluding carboxylic acids is 1. The van der Waals surface area contributed by atoms with Gasteiger partial charge >= 0.3 is 6.36 Å². The van der Waals surface area contributed by atoms with Crippen molar-refractivity contribution in [1.82, 2.24) is 14.9 Å². The molecule has 0 atom stereocenters. The van der Waals surface area contributed by atoms with E-state index in [1.165, 1.54) is 18.2 Å². The molecule has 0 N–H and O–H groups in total. The van der Waals surface area contributed by atoms with E-state index in [2.05, 4.69) is 14.7 Å². The van der Waals surface area contributed by atoms with Gasteiger partial charge in [0.25, 0.3) is 11.8 Å². The van der Waals surface area contributed by atoms with Gasteiger partial charge in [0.15, 0.2) is 5.75 Å². The molecule has 2 aromatic rings. The number of alkyl halides is 3.